The van der Waals surface area contributed by atoms with E-state index in [1.54, 1.807) is 0 Å². The molecular weight excluding hydrogens is 318 g/mol. The molecular formula is C19H23N3O3. The zero-order valence-electron chi connectivity index (χ0n) is 14.6. The number of rotatable bonds is 5. The largest absolute Gasteiger partial charge is 0.379 e. The van der Waals surface area contributed by atoms with Crippen molar-refractivity contribution in [3.8, 4) is 0 Å². The Balaban J connectivity index is 1.67. The Morgan fingerprint density at radius 2 is 2.16 bits per heavy atom. The Hall–Kier alpha value is -2.31. The van der Waals surface area contributed by atoms with Gasteiger partial charge < -0.3 is 14.8 Å². The summed E-state index contributed by atoms with van der Waals surface area (Å²) in [5.41, 5.74) is 2.99. The molecule has 0 spiro atoms. The van der Waals surface area contributed by atoms with Gasteiger partial charge in [-0.25, -0.2) is 4.98 Å². The number of hydrogen-bond acceptors (Lipinski definition) is 5. The first kappa shape index (κ1) is 17.5. The number of hydrogen-bond donors (Lipinski definition) is 1. The van der Waals surface area contributed by atoms with E-state index >= 15 is 0 Å². The first-order valence-corrected chi connectivity index (χ1v) is 8.49. The Morgan fingerprint density at radius 3 is 2.96 bits per heavy atom. The zero-order valence-corrected chi connectivity index (χ0v) is 14.6. The van der Waals surface area contributed by atoms with E-state index in [1.165, 1.54) is 11.8 Å². The molecule has 0 aliphatic carbocycles. The summed E-state index contributed by atoms with van der Waals surface area (Å²) in [7, 11) is 0. The van der Waals surface area contributed by atoms with Gasteiger partial charge in [-0.05, 0) is 32.4 Å². The van der Waals surface area contributed by atoms with Crippen molar-refractivity contribution in [2.75, 3.05) is 19.8 Å². The van der Waals surface area contributed by atoms with Crippen molar-refractivity contribution in [1.29, 1.82) is 0 Å². The van der Waals surface area contributed by atoms with E-state index in [4.69, 9.17) is 9.47 Å². The highest BCUT2D eigenvalue weighted by atomic mass is 16.5. The fourth-order valence-electron chi connectivity index (χ4n) is 2.69. The molecule has 0 unspecified atom stereocenters. The SMILES string of the molecule is CC(C)=CCO[C@@H]1COCC[C@H]1NC(=O)c1cnc2ccccc2n1. The number of aromatic nitrogens is 2. The van der Waals surface area contributed by atoms with Gasteiger partial charge in [0.05, 0.1) is 36.5 Å². The lowest BCUT2D eigenvalue weighted by molar-refractivity contribution is -0.0589. The van der Waals surface area contributed by atoms with Crippen LogP contribution in [0.1, 0.15) is 30.8 Å². The predicted molar refractivity (Wildman–Crippen MR) is 95.4 cm³/mol. The van der Waals surface area contributed by atoms with Gasteiger partial charge in [-0.2, -0.15) is 0 Å². The highest BCUT2D eigenvalue weighted by Crippen LogP contribution is 2.14. The third-order valence-corrected chi connectivity index (χ3v) is 4.10. The number of nitrogens with zero attached hydrogens (tertiary/aromatic N) is 2. The van der Waals surface area contributed by atoms with Gasteiger partial charge in [0, 0.05) is 6.61 Å². The third-order valence-electron chi connectivity index (χ3n) is 4.10. The Morgan fingerprint density at radius 1 is 1.36 bits per heavy atom. The molecule has 1 N–H and O–H groups in total. The molecule has 6 heteroatoms. The molecule has 1 fully saturated rings. The van der Waals surface area contributed by atoms with Crippen molar-refractivity contribution in [3.05, 3.63) is 47.8 Å². The minimum Gasteiger partial charge on any atom is -0.379 e. The second kappa shape index (κ2) is 8.18. The molecule has 3 rings (SSSR count). The lowest BCUT2D eigenvalue weighted by Gasteiger charge is -2.31. The number of carbonyl (C=O) groups excluding carboxylic acids is 1. The quantitative estimate of drug-likeness (QED) is 0.846. The van der Waals surface area contributed by atoms with Crippen LogP contribution >= 0.6 is 0 Å². The first-order valence-electron chi connectivity index (χ1n) is 8.49. The lowest BCUT2D eigenvalue weighted by atomic mass is 10.1. The monoisotopic (exact) mass is 341 g/mol. The highest BCUT2D eigenvalue weighted by Gasteiger charge is 2.28. The van der Waals surface area contributed by atoms with Gasteiger partial charge in [0.15, 0.2) is 0 Å². The van der Waals surface area contributed by atoms with Gasteiger partial charge in [-0.15, -0.1) is 0 Å². The highest BCUT2D eigenvalue weighted by molar-refractivity contribution is 5.93. The maximum atomic E-state index is 12.6. The maximum Gasteiger partial charge on any atom is 0.271 e. The molecule has 0 radical (unpaired) electrons. The van der Waals surface area contributed by atoms with Crippen molar-refractivity contribution in [1.82, 2.24) is 15.3 Å². The molecule has 132 valence electrons. The summed E-state index contributed by atoms with van der Waals surface area (Å²) in [6, 6.07) is 7.39. The summed E-state index contributed by atoms with van der Waals surface area (Å²) in [6.07, 6.45) is 4.08. The molecule has 1 saturated heterocycles. The van der Waals surface area contributed by atoms with E-state index in [9.17, 15) is 4.79 Å². The van der Waals surface area contributed by atoms with Crippen LogP contribution in [0.25, 0.3) is 11.0 Å². The van der Waals surface area contributed by atoms with Gasteiger partial charge in [-0.3, -0.25) is 9.78 Å². The molecule has 2 heterocycles. The summed E-state index contributed by atoms with van der Waals surface area (Å²) >= 11 is 0. The summed E-state index contributed by atoms with van der Waals surface area (Å²) in [5.74, 6) is -0.235. The smallest absolute Gasteiger partial charge is 0.271 e. The van der Waals surface area contributed by atoms with Crippen LogP contribution in [-0.2, 0) is 9.47 Å². The second-order valence-corrected chi connectivity index (χ2v) is 6.34. The van der Waals surface area contributed by atoms with Crippen molar-refractivity contribution in [3.63, 3.8) is 0 Å². The molecule has 1 aliphatic heterocycles. The van der Waals surface area contributed by atoms with E-state index in [-0.39, 0.29) is 18.1 Å². The number of nitrogens with one attached hydrogen (secondary N) is 1. The van der Waals surface area contributed by atoms with Crippen LogP contribution in [-0.4, -0.2) is 47.8 Å². The number of benzene rings is 1. The lowest BCUT2D eigenvalue weighted by Crippen LogP contribution is -2.50. The number of allylic oxidation sites excluding steroid dienone is 1. The maximum absolute atomic E-state index is 12.6. The minimum absolute atomic E-state index is 0.0971. The molecule has 2 aromatic rings. The molecule has 2 atom stereocenters. The second-order valence-electron chi connectivity index (χ2n) is 6.34. The Labute approximate surface area is 147 Å². The predicted octanol–water partition coefficient (Wildman–Crippen LogP) is 2.50. The molecule has 25 heavy (non-hydrogen) atoms. The van der Waals surface area contributed by atoms with E-state index in [0.717, 1.165) is 5.52 Å². The molecule has 1 amide bonds. The van der Waals surface area contributed by atoms with Crippen LogP contribution in [0.5, 0.6) is 0 Å². The normalized spacial score (nSPS) is 20.2. The van der Waals surface area contributed by atoms with Crippen LogP contribution in [0.3, 0.4) is 0 Å². The van der Waals surface area contributed by atoms with Crippen LogP contribution in [0.2, 0.25) is 0 Å². The van der Waals surface area contributed by atoms with E-state index in [1.807, 2.05) is 44.2 Å². The average molecular weight is 341 g/mol. The van der Waals surface area contributed by atoms with E-state index in [2.05, 4.69) is 15.3 Å². The molecule has 0 bridgehead atoms. The van der Waals surface area contributed by atoms with Gasteiger partial charge in [0.25, 0.3) is 5.91 Å². The molecule has 0 saturated carbocycles. The van der Waals surface area contributed by atoms with Crippen molar-refractivity contribution >= 4 is 16.9 Å². The average Bonchev–Trinajstić information content (AvgIpc) is 2.62. The fourth-order valence-corrected chi connectivity index (χ4v) is 2.69. The standard InChI is InChI=1S/C19H23N3O3/c1-13(2)7-10-25-18-12-24-9-8-16(18)22-19(23)17-11-20-14-5-3-4-6-15(14)21-17/h3-7,11,16,18H,8-10,12H2,1-2H3,(H,22,23)/t16-,18-/m1/s1. The number of amides is 1. The molecule has 1 aliphatic rings. The Bertz CT molecular complexity index is 771. The molecule has 1 aromatic carbocycles. The molecule has 1 aromatic heterocycles. The van der Waals surface area contributed by atoms with Gasteiger partial charge in [-0.1, -0.05) is 23.8 Å². The van der Waals surface area contributed by atoms with Crippen LogP contribution in [0, 0.1) is 0 Å². The van der Waals surface area contributed by atoms with Crippen LogP contribution in [0.4, 0.5) is 0 Å². The molecule has 6 nitrogen and oxygen atoms in total. The van der Waals surface area contributed by atoms with Crippen LogP contribution < -0.4 is 5.32 Å². The van der Waals surface area contributed by atoms with Gasteiger partial charge in [0.1, 0.15) is 11.8 Å². The fraction of sp³-hybridized carbons (Fsp3) is 0.421. The zero-order chi connectivity index (χ0) is 17.6. The number of fused-ring (bicyclic) bond motifs is 1. The van der Waals surface area contributed by atoms with Crippen molar-refractivity contribution in [2.24, 2.45) is 0 Å². The summed E-state index contributed by atoms with van der Waals surface area (Å²) in [6.45, 7) is 5.65. The summed E-state index contributed by atoms with van der Waals surface area (Å²) in [4.78, 5) is 21.3. The van der Waals surface area contributed by atoms with Gasteiger partial charge in [0.2, 0.25) is 0 Å². The number of carbonyl (C=O) groups is 1. The van der Waals surface area contributed by atoms with Crippen LogP contribution in [0.15, 0.2) is 42.1 Å². The topological polar surface area (TPSA) is 73.3 Å². The summed E-state index contributed by atoms with van der Waals surface area (Å²) < 4.78 is 11.4. The minimum atomic E-state index is -0.235. The van der Waals surface area contributed by atoms with E-state index < -0.39 is 0 Å². The Kier molecular flexibility index (Phi) is 5.73. The van der Waals surface area contributed by atoms with E-state index in [0.29, 0.717) is 37.5 Å². The third kappa shape index (κ3) is 4.61. The van der Waals surface area contributed by atoms with Crippen molar-refractivity contribution in [2.45, 2.75) is 32.4 Å². The van der Waals surface area contributed by atoms with Crippen molar-refractivity contribution < 1.29 is 14.3 Å². The number of ether oxygens (including phenoxy) is 2. The number of para-hydroxylation sites is 2. The summed E-state index contributed by atoms with van der Waals surface area (Å²) in [5, 5.41) is 3.02. The first-order chi connectivity index (χ1) is 12.1. The van der Waals surface area contributed by atoms with Gasteiger partial charge >= 0.3 is 0 Å².